The van der Waals surface area contributed by atoms with Gasteiger partial charge in [0, 0.05) is 25.7 Å². The predicted molar refractivity (Wildman–Crippen MR) is 90.6 cm³/mol. The van der Waals surface area contributed by atoms with E-state index in [9.17, 15) is 4.79 Å². The standard InChI is InChI=1S/C18H29N3O/c1-15(21(2)14-16-7-4-3-5-8-16)10-12-20-18(22)17-9-6-11-19-13-17/h3-5,7-8,15,17,19H,6,9-14H2,1-2H3,(H,20,22). The molecule has 0 bridgehead atoms. The van der Waals surface area contributed by atoms with Gasteiger partial charge < -0.3 is 10.6 Å². The summed E-state index contributed by atoms with van der Waals surface area (Å²) in [5.74, 6) is 0.371. The van der Waals surface area contributed by atoms with E-state index in [1.807, 2.05) is 6.07 Å². The molecule has 1 saturated heterocycles. The summed E-state index contributed by atoms with van der Waals surface area (Å²) in [6, 6.07) is 11.0. The molecular formula is C18H29N3O. The third-order valence-electron chi connectivity index (χ3n) is 4.56. The summed E-state index contributed by atoms with van der Waals surface area (Å²) < 4.78 is 0. The van der Waals surface area contributed by atoms with Crippen LogP contribution in [0.15, 0.2) is 30.3 Å². The van der Waals surface area contributed by atoms with Crippen molar-refractivity contribution in [3.63, 3.8) is 0 Å². The lowest BCUT2D eigenvalue weighted by atomic mass is 9.99. The van der Waals surface area contributed by atoms with E-state index in [-0.39, 0.29) is 11.8 Å². The molecule has 0 aliphatic carbocycles. The maximum atomic E-state index is 12.1. The van der Waals surface area contributed by atoms with Crippen molar-refractivity contribution >= 4 is 5.91 Å². The highest BCUT2D eigenvalue weighted by Crippen LogP contribution is 2.10. The fraction of sp³-hybridized carbons (Fsp3) is 0.611. The largest absolute Gasteiger partial charge is 0.356 e. The van der Waals surface area contributed by atoms with Crippen molar-refractivity contribution < 1.29 is 4.79 Å². The Balaban J connectivity index is 1.66. The van der Waals surface area contributed by atoms with Crippen molar-refractivity contribution in [1.29, 1.82) is 0 Å². The molecule has 2 rings (SSSR count). The topological polar surface area (TPSA) is 44.4 Å². The number of carbonyl (C=O) groups excluding carboxylic acids is 1. The Morgan fingerprint density at radius 2 is 2.18 bits per heavy atom. The second-order valence-corrected chi connectivity index (χ2v) is 6.37. The highest BCUT2D eigenvalue weighted by atomic mass is 16.1. The van der Waals surface area contributed by atoms with E-state index in [1.54, 1.807) is 0 Å². The molecule has 0 saturated carbocycles. The fourth-order valence-electron chi connectivity index (χ4n) is 2.87. The van der Waals surface area contributed by atoms with Crippen LogP contribution in [-0.4, -0.2) is 43.5 Å². The van der Waals surface area contributed by atoms with E-state index in [0.29, 0.717) is 6.04 Å². The van der Waals surface area contributed by atoms with E-state index >= 15 is 0 Å². The molecule has 2 atom stereocenters. The number of hydrogen-bond donors (Lipinski definition) is 2. The first-order valence-electron chi connectivity index (χ1n) is 8.39. The van der Waals surface area contributed by atoms with Gasteiger partial charge in [-0.25, -0.2) is 0 Å². The summed E-state index contributed by atoms with van der Waals surface area (Å²) in [5, 5.41) is 6.39. The normalized spacial score (nSPS) is 19.9. The highest BCUT2D eigenvalue weighted by molar-refractivity contribution is 5.78. The van der Waals surface area contributed by atoms with Crippen molar-refractivity contribution in [1.82, 2.24) is 15.5 Å². The predicted octanol–water partition coefficient (Wildman–Crippen LogP) is 2.01. The van der Waals surface area contributed by atoms with Crippen LogP contribution < -0.4 is 10.6 Å². The Morgan fingerprint density at radius 1 is 1.41 bits per heavy atom. The Kier molecular flexibility index (Phi) is 6.87. The zero-order chi connectivity index (χ0) is 15.8. The fourth-order valence-corrected chi connectivity index (χ4v) is 2.87. The number of amides is 1. The van der Waals surface area contributed by atoms with Gasteiger partial charge in [0.1, 0.15) is 0 Å². The number of benzene rings is 1. The molecule has 2 unspecified atom stereocenters. The van der Waals surface area contributed by atoms with E-state index in [1.165, 1.54) is 5.56 Å². The zero-order valence-corrected chi connectivity index (χ0v) is 13.8. The number of nitrogens with zero attached hydrogens (tertiary/aromatic N) is 1. The van der Waals surface area contributed by atoms with Crippen molar-refractivity contribution in [2.45, 2.75) is 38.8 Å². The lowest BCUT2D eigenvalue weighted by Gasteiger charge is -2.26. The van der Waals surface area contributed by atoms with E-state index < -0.39 is 0 Å². The first kappa shape index (κ1) is 17.0. The third-order valence-corrected chi connectivity index (χ3v) is 4.56. The van der Waals surface area contributed by atoms with Crippen LogP contribution in [0.3, 0.4) is 0 Å². The molecule has 1 aromatic rings. The minimum absolute atomic E-state index is 0.158. The second kappa shape index (κ2) is 8.91. The molecule has 1 aliphatic rings. The van der Waals surface area contributed by atoms with Crippen LogP contribution in [-0.2, 0) is 11.3 Å². The van der Waals surface area contributed by atoms with Crippen molar-refractivity contribution in [2.75, 3.05) is 26.7 Å². The number of piperidine rings is 1. The summed E-state index contributed by atoms with van der Waals surface area (Å²) in [7, 11) is 2.14. The average Bonchev–Trinajstić information content (AvgIpc) is 2.56. The van der Waals surface area contributed by atoms with E-state index in [2.05, 4.69) is 53.8 Å². The first-order valence-corrected chi connectivity index (χ1v) is 8.39. The number of carbonyl (C=O) groups is 1. The quantitative estimate of drug-likeness (QED) is 0.810. The Hall–Kier alpha value is -1.39. The Labute approximate surface area is 134 Å². The maximum absolute atomic E-state index is 12.1. The minimum Gasteiger partial charge on any atom is -0.356 e. The number of rotatable bonds is 7. The van der Waals surface area contributed by atoms with Crippen molar-refractivity contribution in [3.8, 4) is 0 Å². The summed E-state index contributed by atoms with van der Waals surface area (Å²) in [4.78, 5) is 14.4. The smallest absolute Gasteiger partial charge is 0.224 e. The molecule has 4 heteroatoms. The molecule has 0 radical (unpaired) electrons. The zero-order valence-electron chi connectivity index (χ0n) is 13.8. The summed E-state index contributed by atoms with van der Waals surface area (Å²) in [6.45, 7) is 5.80. The van der Waals surface area contributed by atoms with Gasteiger partial charge in [-0.3, -0.25) is 9.69 Å². The van der Waals surface area contributed by atoms with Crippen LogP contribution in [0.4, 0.5) is 0 Å². The molecule has 1 fully saturated rings. The molecule has 0 spiro atoms. The molecule has 0 aromatic heterocycles. The molecule has 1 aliphatic heterocycles. The molecule has 22 heavy (non-hydrogen) atoms. The molecule has 1 heterocycles. The molecule has 2 N–H and O–H groups in total. The molecule has 122 valence electrons. The first-order chi connectivity index (χ1) is 10.7. The summed E-state index contributed by atoms with van der Waals surface area (Å²) >= 11 is 0. The minimum atomic E-state index is 0.158. The summed E-state index contributed by atoms with van der Waals surface area (Å²) in [6.07, 6.45) is 3.10. The van der Waals surface area contributed by atoms with Crippen LogP contribution in [0.25, 0.3) is 0 Å². The second-order valence-electron chi connectivity index (χ2n) is 6.37. The van der Waals surface area contributed by atoms with Crippen LogP contribution in [0, 0.1) is 5.92 Å². The lowest BCUT2D eigenvalue weighted by Crippen LogP contribution is -2.41. The Morgan fingerprint density at radius 3 is 2.86 bits per heavy atom. The van der Waals surface area contributed by atoms with Gasteiger partial charge in [-0.05, 0) is 45.3 Å². The number of hydrogen-bond acceptors (Lipinski definition) is 3. The maximum Gasteiger partial charge on any atom is 0.224 e. The molecule has 4 nitrogen and oxygen atoms in total. The van der Waals surface area contributed by atoms with Gasteiger partial charge in [0.05, 0.1) is 5.92 Å². The molecule has 1 aromatic carbocycles. The van der Waals surface area contributed by atoms with Gasteiger partial charge in [0.15, 0.2) is 0 Å². The van der Waals surface area contributed by atoms with Gasteiger partial charge in [-0.1, -0.05) is 30.3 Å². The van der Waals surface area contributed by atoms with E-state index in [4.69, 9.17) is 0 Å². The van der Waals surface area contributed by atoms with Crippen molar-refractivity contribution in [3.05, 3.63) is 35.9 Å². The SMILES string of the molecule is CC(CCNC(=O)C1CCCNC1)N(C)Cc1ccccc1. The van der Waals surface area contributed by atoms with Crippen LogP contribution >= 0.6 is 0 Å². The van der Waals surface area contributed by atoms with Gasteiger partial charge in [0.25, 0.3) is 0 Å². The number of nitrogens with one attached hydrogen (secondary N) is 2. The van der Waals surface area contributed by atoms with Gasteiger partial charge in [0.2, 0.25) is 5.91 Å². The van der Waals surface area contributed by atoms with Gasteiger partial charge >= 0.3 is 0 Å². The third kappa shape index (κ3) is 5.43. The summed E-state index contributed by atoms with van der Waals surface area (Å²) in [5.41, 5.74) is 1.33. The van der Waals surface area contributed by atoms with Crippen LogP contribution in [0.5, 0.6) is 0 Å². The average molecular weight is 303 g/mol. The van der Waals surface area contributed by atoms with Crippen LogP contribution in [0.1, 0.15) is 31.7 Å². The monoisotopic (exact) mass is 303 g/mol. The van der Waals surface area contributed by atoms with E-state index in [0.717, 1.165) is 45.4 Å². The lowest BCUT2D eigenvalue weighted by molar-refractivity contribution is -0.125. The Bertz CT molecular complexity index is 443. The van der Waals surface area contributed by atoms with Gasteiger partial charge in [-0.15, -0.1) is 0 Å². The van der Waals surface area contributed by atoms with Gasteiger partial charge in [-0.2, -0.15) is 0 Å². The van der Waals surface area contributed by atoms with Crippen LogP contribution in [0.2, 0.25) is 0 Å². The van der Waals surface area contributed by atoms with Crippen molar-refractivity contribution in [2.24, 2.45) is 5.92 Å². The highest BCUT2D eigenvalue weighted by Gasteiger charge is 2.20. The molecular weight excluding hydrogens is 274 g/mol. The molecule has 1 amide bonds.